The lowest BCUT2D eigenvalue weighted by atomic mass is 9.56. The summed E-state index contributed by atoms with van der Waals surface area (Å²) in [6, 6.07) is 9.33. The zero-order chi connectivity index (χ0) is 19.6. The predicted octanol–water partition coefficient (Wildman–Crippen LogP) is 3.17. The fourth-order valence-electron chi connectivity index (χ4n) is 4.37. The van der Waals surface area contributed by atoms with Crippen LogP contribution >= 0.6 is 0 Å². The van der Waals surface area contributed by atoms with E-state index in [1.807, 2.05) is 56.3 Å². The van der Waals surface area contributed by atoms with Crippen molar-refractivity contribution in [1.82, 2.24) is 4.90 Å². The van der Waals surface area contributed by atoms with Gasteiger partial charge in [0.05, 0.1) is 7.11 Å². The van der Waals surface area contributed by atoms with Crippen molar-refractivity contribution in [3.8, 4) is 0 Å². The van der Waals surface area contributed by atoms with Gasteiger partial charge >= 0.3 is 12.1 Å². The van der Waals surface area contributed by atoms with Crippen LogP contribution in [0.2, 0.25) is 0 Å². The molecule has 1 aromatic carbocycles. The largest absolute Gasteiger partial charge is 0.460 e. The molecule has 2 unspecified atom stereocenters. The molecule has 2 aliphatic rings. The van der Waals surface area contributed by atoms with Crippen molar-refractivity contribution in [3.63, 3.8) is 0 Å². The maximum Gasteiger partial charge on any atom is 0.416 e. The van der Waals surface area contributed by atoms with E-state index in [-0.39, 0.29) is 30.9 Å². The molecule has 4 atom stereocenters. The maximum atomic E-state index is 13.4. The van der Waals surface area contributed by atoms with Crippen molar-refractivity contribution >= 4 is 18.0 Å². The molecule has 1 fully saturated rings. The van der Waals surface area contributed by atoms with Gasteiger partial charge in [-0.05, 0) is 29.7 Å². The second-order valence-electron chi connectivity index (χ2n) is 7.29. The summed E-state index contributed by atoms with van der Waals surface area (Å²) < 4.78 is 10.4. The number of rotatable bonds is 3. The SMILES string of the molecule is COC(=O)N1CC[C@@H]2C(C)C=CC(C)[C@]2(C(=O)OCc2ccccc2)C1=O. The van der Waals surface area contributed by atoms with Gasteiger partial charge in [-0.1, -0.05) is 56.3 Å². The van der Waals surface area contributed by atoms with Crippen LogP contribution < -0.4 is 0 Å². The third-order valence-corrected chi connectivity index (χ3v) is 5.85. The third-order valence-electron chi connectivity index (χ3n) is 5.85. The first kappa shape index (κ1) is 19.1. The molecule has 6 nitrogen and oxygen atoms in total. The maximum absolute atomic E-state index is 13.4. The molecule has 1 aromatic rings. The van der Waals surface area contributed by atoms with Crippen LogP contribution in [0.1, 0.15) is 25.8 Å². The van der Waals surface area contributed by atoms with Crippen molar-refractivity contribution in [1.29, 1.82) is 0 Å². The molecule has 0 radical (unpaired) electrons. The molecule has 1 aliphatic carbocycles. The Kier molecular flexibility index (Phi) is 5.35. The fraction of sp³-hybridized carbons (Fsp3) is 0.476. The first-order valence-electron chi connectivity index (χ1n) is 9.22. The van der Waals surface area contributed by atoms with Gasteiger partial charge in [-0.15, -0.1) is 0 Å². The smallest absolute Gasteiger partial charge is 0.416 e. The van der Waals surface area contributed by atoms with Crippen molar-refractivity contribution in [3.05, 3.63) is 48.0 Å². The molecule has 1 aliphatic heterocycles. The minimum absolute atomic E-state index is 0.0363. The minimum atomic E-state index is -1.41. The van der Waals surface area contributed by atoms with Crippen molar-refractivity contribution in [2.24, 2.45) is 23.2 Å². The van der Waals surface area contributed by atoms with Crippen LogP contribution in [0.25, 0.3) is 0 Å². The number of hydrogen-bond acceptors (Lipinski definition) is 5. The summed E-state index contributed by atoms with van der Waals surface area (Å²) in [6.45, 7) is 4.16. The highest BCUT2D eigenvalue weighted by molar-refractivity contribution is 6.09. The van der Waals surface area contributed by atoms with E-state index in [1.54, 1.807) is 0 Å². The molecule has 0 saturated carbocycles. The molecule has 27 heavy (non-hydrogen) atoms. The van der Waals surface area contributed by atoms with Crippen molar-refractivity contribution < 1.29 is 23.9 Å². The van der Waals surface area contributed by atoms with E-state index in [1.165, 1.54) is 7.11 Å². The summed E-state index contributed by atoms with van der Waals surface area (Å²) in [4.78, 5) is 39.8. The first-order valence-corrected chi connectivity index (χ1v) is 9.22. The van der Waals surface area contributed by atoms with Crippen LogP contribution in [-0.4, -0.2) is 36.5 Å². The van der Waals surface area contributed by atoms with E-state index in [0.717, 1.165) is 10.5 Å². The lowest BCUT2D eigenvalue weighted by Gasteiger charge is -2.50. The normalized spacial score (nSPS) is 29.8. The summed E-state index contributed by atoms with van der Waals surface area (Å²) in [7, 11) is 1.23. The molecule has 144 valence electrons. The molecule has 0 aromatic heterocycles. The van der Waals surface area contributed by atoms with Gasteiger partial charge in [0.25, 0.3) is 0 Å². The molecule has 0 bridgehead atoms. The quantitative estimate of drug-likeness (QED) is 0.464. The Labute approximate surface area is 159 Å². The molecule has 1 heterocycles. The van der Waals surface area contributed by atoms with Crippen LogP contribution in [0, 0.1) is 23.2 Å². The van der Waals surface area contributed by atoms with Gasteiger partial charge in [0.15, 0.2) is 5.41 Å². The highest BCUT2D eigenvalue weighted by Gasteiger charge is 2.63. The van der Waals surface area contributed by atoms with Crippen LogP contribution in [0.15, 0.2) is 42.5 Å². The van der Waals surface area contributed by atoms with Crippen molar-refractivity contribution in [2.75, 3.05) is 13.7 Å². The Balaban J connectivity index is 1.95. The van der Waals surface area contributed by atoms with E-state index in [0.29, 0.717) is 6.42 Å². The number of hydrogen-bond donors (Lipinski definition) is 0. The Hall–Kier alpha value is -2.63. The molecule has 2 amide bonds. The zero-order valence-corrected chi connectivity index (χ0v) is 15.9. The monoisotopic (exact) mass is 371 g/mol. The van der Waals surface area contributed by atoms with Crippen LogP contribution in [0.3, 0.4) is 0 Å². The highest BCUT2D eigenvalue weighted by Crippen LogP contribution is 2.51. The number of benzene rings is 1. The van der Waals surface area contributed by atoms with Gasteiger partial charge in [0.1, 0.15) is 6.61 Å². The Morgan fingerprint density at radius 1 is 1.19 bits per heavy atom. The van der Waals surface area contributed by atoms with E-state index < -0.39 is 23.4 Å². The lowest BCUT2D eigenvalue weighted by molar-refractivity contribution is -0.180. The molecular formula is C21H25NO5. The zero-order valence-electron chi connectivity index (χ0n) is 15.9. The Morgan fingerprint density at radius 3 is 2.56 bits per heavy atom. The van der Waals surface area contributed by atoms with Gasteiger partial charge in [-0.25, -0.2) is 9.69 Å². The molecule has 1 saturated heterocycles. The number of methoxy groups -OCH3 is 1. The van der Waals surface area contributed by atoms with Gasteiger partial charge in [0.2, 0.25) is 5.91 Å². The number of carbonyl (C=O) groups excluding carboxylic acids is 3. The standard InChI is InChI=1S/C21H25NO5/c1-14-9-10-15(2)21(19(24)27-13-16-7-5-4-6-8-16)17(14)11-12-22(18(21)23)20(25)26-3/h4-10,14-15,17H,11-13H2,1-3H3/t14?,15?,17-,21-/m1/s1. The number of fused-ring (bicyclic) bond motifs is 1. The van der Waals surface area contributed by atoms with E-state index in [9.17, 15) is 14.4 Å². The fourth-order valence-corrected chi connectivity index (χ4v) is 4.37. The second-order valence-corrected chi connectivity index (χ2v) is 7.29. The average molecular weight is 371 g/mol. The molecule has 0 spiro atoms. The van der Waals surface area contributed by atoms with E-state index in [2.05, 4.69) is 0 Å². The molecular weight excluding hydrogens is 346 g/mol. The van der Waals surface area contributed by atoms with Crippen LogP contribution in [0.5, 0.6) is 0 Å². The topological polar surface area (TPSA) is 72.9 Å². The Bertz CT molecular complexity index is 759. The highest BCUT2D eigenvalue weighted by atomic mass is 16.5. The van der Waals surface area contributed by atoms with Gasteiger partial charge in [-0.2, -0.15) is 0 Å². The van der Waals surface area contributed by atoms with Gasteiger partial charge < -0.3 is 9.47 Å². The second kappa shape index (κ2) is 7.55. The minimum Gasteiger partial charge on any atom is -0.460 e. The van der Waals surface area contributed by atoms with Gasteiger partial charge in [-0.3, -0.25) is 9.59 Å². The summed E-state index contributed by atoms with van der Waals surface area (Å²) in [5.41, 5.74) is -0.561. The molecule has 0 N–H and O–H groups in total. The lowest BCUT2D eigenvalue weighted by Crippen LogP contribution is -2.63. The summed E-state index contributed by atoms with van der Waals surface area (Å²) in [5, 5.41) is 0. The number of amides is 2. The number of ether oxygens (including phenoxy) is 2. The number of nitrogens with zero attached hydrogens (tertiary/aromatic N) is 1. The van der Waals surface area contributed by atoms with Crippen LogP contribution in [0.4, 0.5) is 4.79 Å². The number of piperidine rings is 1. The summed E-state index contributed by atoms with van der Waals surface area (Å²) in [6.07, 6.45) is 3.72. The number of esters is 1. The van der Waals surface area contributed by atoms with E-state index >= 15 is 0 Å². The molecule has 6 heteroatoms. The number of imide groups is 1. The number of likely N-dealkylation sites (tertiary alicyclic amines) is 1. The third kappa shape index (κ3) is 3.13. The summed E-state index contributed by atoms with van der Waals surface area (Å²) in [5.74, 6) is -1.64. The predicted molar refractivity (Wildman–Crippen MR) is 98.4 cm³/mol. The summed E-state index contributed by atoms with van der Waals surface area (Å²) >= 11 is 0. The Morgan fingerprint density at radius 2 is 1.89 bits per heavy atom. The number of carbonyl (C=O) groups is 3. The van der Waals surface area contributed by atoms with E-state index in [4.69, 9.17) is 9.47 Å². The van der Waals surface area contributed by atoms with Crippen molar-refractivity contribution in [2.45, 2.75) is 26.9 Å². The average Bonchev–Trinajstić information content (AvgIpc) is 2.69. The van der Waals surface area contributed by atoms with Gasteiger partial charge in [0, 0.05) is 6.54 Å². The molecule has 3 rings (SSSR count). The van der Waals surface area contributed by atoms with Crippen LogP contribution in [-0.2, 0) is 25.7 Å². The first-order chi connectivity index (χ1) is 12.9. The number of allylic oxidation sites excluding steroid dienone is 2.